The lowest BCUT2D eigenvalue weighted by molar-refractivity contribution is -0.150. The van der Waals surface area contributed by atoms with Crippen LogP contribution in [-0.2, 0) is 27.1 Å². The molecule has 3 atom stereocenters. The molecule has 9 nitrogen and oxygen atoms in total. The van der Waals surface area contributed by atoms with Crippen molar-refractivity contribution < 1.29 is 33.3 Å². The number of carbonyl (C=O) groups excluding carboxylic acids is 2. The van der Waals surface area contributed by atoms with Gasteiger partial charge in [0.2, 0.25) is 5.89 Å². The van der Waals surface area contributed by atoms with E-state index in [1.54, 1.807) is 24.5 Å². The van der Waals surface area contributed by atoms with Gasteiger partial charge in [-0.1, -0.05) is 54.1 Å². The number of carbonyl (C=O) groups is 2. The summed E-state index contributed by atoms with van der Waals surface area (Å²) in [5.74, 6) is 0.602. The zero-order valence-electron chi connectivity index (χ0n) is 26.5. The molecular weight excluding hydrogens is 584 g/mol. The van der Waals surface area contributed by atoms with Crippen LogP contribution in [0.4, 0.5) is 4.79 Å². The maximum Gasteiger partial charge on any atom is 0.417 e. The van der Waals surface area contributed by atoms with Gasteiger partial charge in [0.25, 0.3) is 5.91 Å². The second kappa shape index (κ2) is 15.0. The molecule has 9 heteroatoms. The van der Waals surface area contributed by atoms with E-state index in [4.69, 9.17) is 18.6 Å². The van der Waals surface area contributed by atoms with Crippen molar-refractivity contribution in [1.29, 1.82) is 0 Å². The van der Waals surface area contributed by atoms with Crippen LogP contribution in [0.2, 0.25) is 0 Å². The molecule has 0 spiro atoms. The Balaban J connectivity index is 1.28. The number of amides is 2. The van der Waals surface area contributed by atoms with Gasteiger partial charge < -0.3 is 23.7 Å². The summed E-state index contributed by atoms with van der Waals surface area (Å²) in [5.41, 5.74) is 5.85. The van der Waals surface area contributed by atoms with Crippen LogP contribution in [0, 0.1) is 20.8 Å². The first-order valence-electron chi connectivity index (χ1n) is 15.4. The van der Waals surface area contributed by atoms with Crippen molar-refractivity contribution in [3.63, 3.8) is 0 Å². The molecule has 1 aliphatic heterocycles. The molecule has 0 unspecified atom stereocenters. The average molecular weight is 625 g/mol. The first kappa shape index (κ1) is 32.7. The maximum absolute atomic E-state index is 13.9. The minimum Gasteiger partial charge on any atom is -0.493 e. The monoisotopic (exact) mass is 624 g/mol. The molecule has 0 saturated carbocycles. The Morgan fingerprint density at radius 1 is 1.09 bits per heavy atom. The van der Waals surface area contributed by atoms with Gasteiger partial charge in [0.15, 0.2) is 6.10 Å². The first-order chi connectivity index (χ1) is 22.2. The highest BCUT2D eigenvalue weighted by molar-refractivity contribution is 5.96. The molecule has 0 bridgehead atoms. The van der Waals surface area contributed by atoms with Gasteiger partial charge in [-0.25, -0.2) is 14.7 Å². The number of rotatable bonds is 14. The van der Waals surface area contributed by atoms with Crippen LogP contribution < -0.4 is 4.74 Å². The van der Waals surface area contributed by atoms with Crippen LogP contribution >= 0.6 is 0 Å². The zero-order chi connectivity index (χ0) is 32.6. The van der Waals surface area contributed by atoms with Gasteiger partial charge in [-0.2, -0.15) is 0 Å². The number of aryl methyl sites for hydroxylation is 3. The predicted octanol–water partition coefficient (Wildman–Crippen LogP) is 6.47. The first-order valence-corrected chi connectivity index (χ1v) is 15.4. The van der Waals surface area contributed by atoms with Crippen molar-refractivity contribution in [2.24, 2.45) is 0 Å². The number of aromatic nitrogens is 1. The van der Waals surface area contributed by atoms with Gasteiger partial charge in [-0.05, 0) is 80.1 Å². The lowest BCUT2D eigenvalue weighted by atomic mass is 9.97. The minimum atomic E-state index is -1.34. The summed E-state index contributed by atoms with van der Waals surface area (Å²) in [5, 5.41) is 11.5. The quantitative estimate of drug-likeness (QED) is 0.126. The number of cyclic esters (lactones) is 1. The van der Waals surface area contributed by atoms with Gasteiger partial charge in [0.1, 0.15) is 24.7 Å². The number of nitrogens with zero attached hydrogens (tertiary/aromatic N) is 2. The lowest BCUT2D eigenvalue weighted by Crippen LogP contribution is -2.48. The SMILES string of the molecule is C=CCCO[C@H](C(=O)N1C(=O)OC[C@@H]1Cc1ccccc1)[C@H](O)c1cc(C)c(OCCc2coc(-c3cccc(C)c3)n2)c(C)c1. The Hall–Kier alpha value is -4.73. The second-order valence-corrected chi connectivity index (χ2v) is 11.5. The van der Waals surface area contributed by atoms with Gasteiger partial charge >= 0.3 is 6.09 Å². The number of hydrogen-bond acceptors (Lipinski definition) is 8. The Labute approximate surface area is 269 Å². The molecule has 1 saturated heterocycles. The molecule has 1 aliphatic rings. The molecule has 240 valence electrons. The van der Waals surface area contributed by atoms with Gasteiger partial charge in [-0.15, -0.1) is 6.58 Å². The molecule has 0 aliphatic carbocycles. The maximum atomic E-state index is 13.9. The van der Waals surface area contributed by atoms with Gasteiger partial charge in [-0.3, -0.25) is 4.79 Å². The Bertz CT molecular complexity index is 1640. The highest BCUT2D eigenvalue weighted by Gasteiger charge is 2.43. The molecule has 5 rings (SSSR count). The summed E-state index contributed by atoms with van der Waals surface area (Å²) in [7, 11) is 0. The van der Waals surface area contributed by atoms with Crippen LogP contribution in [0.5, 0.6) is 5.75 Å². The van der Waals surface area contributed by atoms with E-state index >= 15 is 0 Å². The van der Waals surface area contributed by atoms with E-state index in [1.165, 1.54) is 0 Å². The summed E-state index contributed by atoms with van der Waals surface area (Å²) in [4.78, 5) is 32.3. The third kappa shape index (κ3) is 7.73. The molecule has 3 aromatic carbocycles. The molecular formula is C37H40N2O7. The number of hydrogen-bond donors (Lipinski definition) is 1. The van der Waals surface area contributed by atoms with Crippen LogP contribution in [0.1, 0.15) is 46.0 Å². The largest absolute Gasteiger partial charge is 0.493 e. The predicted molar refractivity (Wildman–Crippen MR) is 173 cm³/mol. The van der Waals surface area contributed by atoms with E-state index in [0.29, 0.717) is 43.1 Å². The Kier molecular flexibility index (Phi) is 10.7. The summed E-state index contributed by atoms with van der Waals surface area (Å²) < 4.78 is 23.0. The number of ether oxygens (including phenoxy) is 3. The lowest BCUT2D eigenvalue weighted by Gasteiger charge is -2.28. The number of imide groups is 1. The number of aliphatic hydroxyl groups excluding tert-OH is 1. The number of oxazole rings is 1. The van der Waals surface area contributed by atoms with E-state index in [0.717, 1.165) is 38.4 Å². The normalized spacial score (nSPS) is 15.8. The minimum absolute atomic E-state index is 0.0702. The third-order valence-electron chi connectivity index (χ3n) is 7.91. The average Bonchev–Trinajstić information content (AvgIpc) is 3.67. The zero-order valence-corrected chi connectivity index (χ0v) is 26.5. The second-order valence-electron chi connectivity index (χ2n) is 11.5. The fourth-order valence-corrected chi connectivity index (χ4v) is 5.63. The van der Waals surface area contributed by atoms with Crippen molar-refractivity contribution in [1.82, 2.24) is 9.88 Å². The molecule has 1 N–H and O–H groups in total. The molecule has 0 radical (unpaired) electrons. The van der Waals surface area contributed by atoms with E-state index in [9.17, 15) is 14.7 Å². The van der Waals surface area contributed by atoms with E-state index in [2.05, 4.69) is 11.6 Å². The highest BCUT2D eigenvalue weighted by Crippen LogP contribution is 2.32. The molecule has 1 fully saturated rings. The van der Waals surface area contributed by atoms with Gasteiger partial charge in [0.05, 0.1) is 24.9 Å². The molecule has 2 heterocycles. The van der Waals surface area contributed by atoms with Crippen LogP contribution in [0.15, 0.2) is 90.1 Å². The molecule has 46 heavy (non-hydrogen) atoms. The smallest absolute Gasteiger partial charge is 0.417 e. The summed E-state index contributed by atoms with van der Waals surface area (Å²) in [6, 6.07) is 20.6. The van der Waals surface area contributed by atoms with Crippen molar-refractivity contribution in [2.75, 3.05) is 19.8 Å². The van der Waals surface area contributed by atoms with E-state index < -0.39 is 30.3 Å². The summed E-state index contributed by atoms with van der Waals surface area (Å²) in [6.07, 6.45) is 1.33. The molecule has 4 aromatic rings. The van der Waals surface area contributed by atoms with Crippen molar-refractivity contribution >= 4 is 12.0 Å². The van der Waals surface area contributed by atoms with Crippen molar-refractivity contribution in [3.8, 4) is 17.2 Å². The van der Waals surface area contributed by atoms with Crippen LogP contribution in [0.25, 0.3) is 11.5 Å². The van der Waals surface area contributed by atoms with Crippen molar-refractivity contribution in [2.45, 2.75) is 58.3 Å². The summed E-state index contributed by atoms with van der Waals surface area (Å²) in [6.45, 7) is 10.1. The van der Waals surface area contributed by atoms with Gasteiger partial charge in [0, 0.05) is 12.0 Å². The standard InChI is InChI=1S/C37H40N2O7/c1-5-6-16-43-34(36(41)39-31(23-46-37(39)42)21-27-12-8-7-9-13-27)32(40)29-19-25(3)33(26(4)20-29)44-17-15-30-22-45-35(38-30)28-14-10-11-24(2)18-28/h5,7-14,18-20,22,31-32,34,40H,1,6,15-17,21,23H2,2-4H3/t31-,32+,34-/m0/s1. The third-order valence-corrected chi connectivity index (χ3v) is 7.91. The van der Waals surface area contributed by atoms with E-state index in [1.807, 2.05) is 75.4 Å². The number of aliphatic hydroxyl groups is 1. The van der Waals surface area contributed by atoms with E-state index in [-0.39, 0.29) is 13.2 Å². The highest BCUT2D eigenvalue weighted by atomic mass is 16.6. The number of benzene rings is 3. The fraction of sp³-hybridized carbons (Fsp3) is 0.324. The van der Waals surface area contributed by atoms with Crippen molar-refractivity contribution in [3.05, 3.63) is 119 Å². The van der Waals surface area contributed by atoms with Crippen LogP contribution in [-0.4, -0.2) is 59.0 Å². The Morgan fingerprint density at radius 2 is 1.85 bits per heavy atom. The van der Waals surface area contributed by atoms with Crippen LogP contribution in [0.3, 0.4) is 0 Å². The summed E-state index contributed by atoms with van der Waals surface area (Å²) >= 11 is 0. The molecule has 1 aromatic heterocycles. The Morgan fingerprint density at radius 3 is 2.57 bits per heavy atom. The topological polar surface area (TPSA) is 111 Å². The fourth-order valence-electron chi connectivity index (χ4n) is 5.63. The molecule has 2 amide bonds.